The Balaban J connectivity index is 1.38. The number of carbonyl (C=O) groups is 1. The largest absolute Gasteiger partial charge is 0.494 e. The van der Waals surface area contributed by atoms with Crippen LogP contribution in [0.2, 0.25) is 0 Å². The summed E-state index contributed by atoms with van der Waals surface area (Å²) >= 11 is 0. The fraction of sp³-hybridized carbons (Fsp3) is 0.320. The number of hydrogen-bond acceptors (Lipinski definition) is 5. The van der Waals surface area contributed by atoms with E-state index in [1.54, 1.807) is 12.1 Å². The summed E-state index contributed by atoms with van der Waals surface area (Å²) in [6, 6.07) is 18.6. The molecule has 0 unspecified atom stereocenters. The van der Waals surface area contributed by atoms with Crippen molar-refractivity contribution in [3.63, 3.8) is 0 Å². The van der Waals surface area contributed by atoms with Crippen LogP contribution in [0.5, 0.6) is 5.75 Å². The van der Waals surface area contributed by atoms with E-state index in [0.717, 1.165) is 41.8 Å². The molecule has 7 nitrogen and oxygen atoms in total. The summed E-state index contributed by atoms with van der Waals surface area (Å²) in [6.45, 7) is 6.89. The van der Waals surface area contributed by atoms with Crippen molar-refractivity contribution < 1.29 is 9.53 Å². The molecular weight excluding hydrogens is 402 g/mol. The third kappa shape index (κ3) is 5.55. The van der Waals surface area contributed by atoms with Crippen LogP contribution in [-0.4, -0.2) is 35.9 Å². The molecule has 1 aliphatic heterocycles. The van der Waals surface area contributed by atoms with Crippen LogP contribution < -0.4 is 20.3 Å². The molecule has 2 aromatic carbocycles. The Bertz CT molecular complexity index is 1030. The highest BCUT2D eigenvalue weighted by atomic mass is 16.5. The zero-order valence-corrected chi connectivity index (χ0v) is 18.5. The first-order valence-electron chi connectivity index (χ1n) is 11.1. The SMILES string of the molecule is CCOc1ccc(NC(=O)Nc2cccc(-c3ccc(N4CCC(C)CC4)nn3)c2)cc1. The predicted molar refractivity (Wildman–Crippen MR) is 128 cm³/mol. The van der Waals surface area contributed by atoms with Gasteiger partial charge in [0, 0.05) is 30.0 Å². The molecule has 0 saturated carbocycles. The number of hydrogen-bond donors (Lipinski definition) is 2. The van der Waals surface area contributed by atoms with E-state index in [4.69, 9.17) is 4.74 Å². The molecule has 0 atom stereocenters. The molecular formula is C25H29N5O2. The summed E-state index contributed by atoms with van der Waals surface area (Å²) in [5, 5.41) is 14.6. The molecule has 32 heavy (non-hydrogen) atoms. The second-order valence-corrected chi connectivity index (χ2v) is 8.06. The van der Waals surface area contributed by atoms with Crippen molar-refractivity contribution in [3.05, 3.63) is 60.7 Å². The van der Waals surface area contributed by atoms with Crippen molar-refractivity contribution in [1.82, 2.24) is 10.2 Å². The van der Waals surface area contributed by atoms with E-state index in [1.165, 1.54) is 12.8 Å². The van der Waals surface area contributed by atoms with E-state index < -0.39 is 0 Å². The van der Waals surface area contributed by atoms with Gasteiger partial charge in [-0.05, 0) is 74.2 Å². The van der Waals surface area contributed by atoms with E-state index >= 15 is 0 Å². The van der Waals surface area contributed by atoms with Crippen LogP contribution in [0.3, 0.4) is 0 Å². The smallest absolute Gasteiger partial charge is 0.323 e. The van der Waals surface area contributed by atoms with E-state index in [9.17, 15) is 4.79 Å². The molecule has 7 heteroatoms. The number of nitrogens with one attached hydrogen (secondary N) is 2. The summed E-state index contributed by atoms with van der Waals surface area (Å²) < 4.78 is 5.42. The zero-order valence-electron chi connectivity index (χ0n) is 18.5. The molecule has 0 bridgehead atoms. The van der Waals surface area contributed by atoms with Crippen molar-refractivity contribution in [2.75, 3.05) is 35.2 Å². The van der Waals surface area contributed by atoms with Crippen molar-refractivity contribution in [3.8, 4) is 17.0 Å². The molecule has 166 valence electrons. The van der Waals surface area contributed by atoms with Crippen LogP contribution in [-0.2, 0) is 0 Å². The van der Waals surface area contributed by atoms with E-state index in [-0.39, 0.29) is 6.03 Å². The third-order valence-electron chi connectivity index (χ3n) is 5.60. The molecule has 1 saturated heterocycles. The molecule has 4 rings (SSSR count). The Kier molecular flexibility index (Phi) is 6.84. The van der Waals surface area contributed by atoms with Crippen LogP contribution in [0.15, 0.2) is 60.7 Å². The lowest BCUT2D eigenvalue weighted by Gasteiger charge is -2.30. The van der Waals surface area contributed by atoms with Gasteiger partial charge in [-0.25, -0.2) is 4.79 Å². The Morgan fingerprint density at radius 2 is 1.75 bits per heavy atom. The number of ether oxygens (including phenoxy) is 1. The maximum absolute atomic E-state index is 12.4. The topological polar surface area (TPSA) is 79.4 Å². The summed E-state index contributed by atoms with van der Waals surface area (Å²) in [7, 11) is 0. The third-order valence-corrected chi connectivity index (χ3v) is 5.60. The van der Waals surface area contributed by atoms with Crippen LogP contribution in [0, 0.1) is 5.92 Å². The standard InChI is InChI=1S/C25H29N5O2/c1-3-32-22-9-7-20(8-10-22)26-25(31)27-21-6-4-5-19(17-21)23-11-12-24(29-28-23)30-15-13-18(2)14-16-30/h4-12,17-18H,3,13-16H2,1-2H3,(H2,26,27,31). The number of urea groups is 1. The minimum Gasteiger partial charge on any atom is -0.494 e. The normalized spacial score (nSPS) is 14.1. The lowest BCUT2D eigenvalue weighted by molar-refractivity contribution is 0.262. The van der Waals surface area contributed by atoms with Gasteiger partial charge in [-0.1, -0.05) is 19.1 Å². The van der Waals surface area contributed by atoms with Gasteiger partial charge in [0.2, 0.25) is 0 Å². The van der Waals surface area contributed by atoms with E-state index in [0.29, 0.717) is 18.0 Å². The Morgan fingerprint density at radius 3 is 2.44 bits per heavy atom. The minimum absolute atomic E-state index is 0.313. The molecule has 1 aromatic heterocycles. The molecule has 2 heterocycles. The maximum Gasteiger partial charge on any atom is 0.323 e. The van der Waals surface area contributed by atoms with Crippen LogP contribution in [0.25, 0.3) is 11.3 Å². The average Bonchev–Trinajstić information content (AvgIpc) is 2.81. The van der Waals surface area contributed by atoms with Crippen molar-refractivity contribution in [2.45, 2.75) is 26.7 Å². The second-order valence-electron chi connectivity index (χ2n) is 8.06. The highest BCUT2D eigenvalue weighted by Gasteiger charge is 2.17. The van der Waals surface area contributed by atoms with Gasteiger partial charge in [0.1, 0.15) is 5.75 Å². The number of rotatable bonds is 6. The lowest BCUT2D eigenvalue weighted by Crippen LogP contribution is -2.33. The fourth-order valence-corrected chi connectivity index (χ4v) is 3.74. The van der Waals surface area contributed by atoms with E-state index in [2.05, 4.69) is 32.7 Å². The molecule has 0 aliphatic carbocycles. The predicted octanol–water partition coefficient (Wildman–Crippen LogP) is 5.42. The van der Waals surface area contributed by atoms with Gasteiger partial charge in [0.25, 0.3) is 0 Å². The highest BCUT2D eigenvalue weighted by Crippen LogP contribution is 2.24. The van der Waals surface area contributed by atoms with Crippen molar-refractivity contribution >= 4 is 23.2 Å². The number of benzene rings is 2. The van der Waals surface area contributed by atoms with Gasteiger partial charge in [-0.3, -0.25) is 0 Å². The number of carbonyl (C=O) groups excluding carboxylic acids is 1. The molecule has 0 radical (unpaired) electrons. The van der Waals surface area contributed by atoms with Gasteiger partial charge in [0.15, 0.2) is 5.82 Å². The van der Waals surface area contributed by atoms with Gasteiger partial charge >= 0.3 is 6.03 Å². The summed E-state index contributed by atoms with van der Waals surface area (Å²) in [4.78, 5) is 14.7. The minimum atomic E-state index is -0.313. The first kappa shape index (κ1) is 21.6. The van der Waals surface area contributed by atoms with Crippen LogP contribution in [0.1, 0.15) is 26.7 Å². The molecule has 2 amide bonds. The number of amides is 2. The molecule has 1 fully saturated rings. The summed E-state index contributed by atoms with van der Waals surface area (Å²) in [6.07, 6.45) is 2.38. The second kappa shape index (κ2) is 10.1. The quantitative estimate of drug-likeness (QED) is 0.545. The average molecular weight is 432 g/mol. The maximum atomic E-state index is 12.4. The van der Waals surface area contributed by atoms with Gasteiger partial charge in [0.05, 0.1) is 12.3 Å². The fourth-order valence-electron chi connectivity index (χ4n) is 3.74. The van der Waals surface area contributed by atoms with Crippen LogP contribution >= 0.6 is 0 Å². The summed E-state index contributed by atoms with van der Waals surface area (Å²) in [5.41, 5.74) is 3.04. The Labute approximate surface area is 188 Å². The molecule has 3 aromatic rings. The number of anilines is 3. The monoisotopic (exact) mass is 431 g/mol. The Hall–Kier alpha value is -3.61. The molecule has 1 aliphatic rings. The number of nitrogens with zero attached hydrogens (tertiary/aromatic N) is 3. The van der Waals surface area contributed by atoms with E-state index in [1.807, 2.05) is 55.5 Å². The highest BCUT2D eigenvalue weighted by molar-refractivity contribution is 6.00. The van der Waals surface area contributed by atoms with Crippen molar-refractivity contribution in [1.29, 1.82) is 0 Å². The molecule has 0 spiro atoms. The Morgan fingerprint density at radius 1 is 1.00 bits per heavy atom. The lowest BCUT2D eigenvalue weighted by atomic mass is 9.99. The van der Waals surface area contributed by atoms with Crippen LogP contribution in [0.4, 0.5) is 22.0 Å². The summed E-state index contributed by atoms with van der Waals surface area (Å²) in [5.74, 6) is 2.47. The number of aromatic nitrogens is 2. The van der Waals surface area contributed by atoms with Gasteiger partial charge in [-0.2, -0.15) is 0 Å². The first-order chi connectivity index (χ1) is 15.6. The first-order valence-corrected chi connectivity index (χ1v) is 11.1. The number of piperidine rings is 1. The van der Waals surface area contributed by atoms with Gasteiger partial charge in [-0.15, -0.1) is 10.2 Å². The zero-order chi connectivity index (χ0) is 22.3. The van der Waals surface area contributed by atoms with Crippen molar-refractivity contribution in [2.24, 2.45) is 5.92 Å². The molecule has 2 N–H and O–H groups in total. The van der Waals surface area contributed by atoms with Gasteiger partial charge < -0.3 is 20.3 Å².